The van der Waals surface area contributed by atoms with Gasteiger partial charge in [-0.05, 0) is 56.9 Å². The van der Waals surface area contributed by atoms with Crippen LogP contribution in [-0.4, -0.2) is 30.7 Å². The number of nitrogens with zero attached hydrogens (tertiary/aromatic N) is 1. The van der Waals surface area contributed by atoms with Crippen LogP contribution in [0.25, 0.3) is 0 Å². The van der Waals surface area contributed by atoms with Crippen molar-refractivity contribution in [1.29, 1.82) is 0 Å². The number of piperidine rings is 1. The largest absolute Gasteiger partial charge is 0.416 e. The number of alkyl halides is 3. The topological polar surface area (TPSA) is 41.3 Å². The van der Waals surface area contributed by atoms with Crippen LogP contribution in [0.15, 0.2) is 24.3 Å². The molecule has 140 valence electrons. The number of nitrogens with one attached hydrogen (secondary N) is 1. The first-order valence-corrected chi connectivity index (χ1v) is 9.22. The minimum atomic E-state index is -4.28. The third kappa shape index (κ3) is 4.47. The average molecular weight is 355 g/mol. The van der Waals surface area contributed by atoms with E-state index in [-0.39, 0.29) is 11.6 Å². The van der Waals surface area contributed by atoms with Crippen molar-refractivity contribution in [3.05, 3.63) is 29.8 Å². The van der Waals surface area contributed by atoms with E-state index < -0.39 is 11.7 Å². The Morgan fingerprint density at radius 2 is 1.80 bits per heavy atom. The second-order valence-electron chi connectivity index (χ2n) is 7.83. The molecule has 1 aliphatic carbocycles. The molecule has 1 saturated heterocycles. The Bertz CT molecular complexity index is 572. The number of benzene rings is 1. The first-order valence-electron chi connectivity index (χ1n) is 9.22. The summed E-state index contributed by atoms with van der Waals surface area (Å²) in [5.41, 5.74) is 6.48. The lowest BCUT2D eigenvalue weighted by atomic mass is 9.85. The number of rotatable bonds is 3. The van der Waals surface area contributed by atoms with Gasteiger partial charge in [0.1, 0.15) is 0 Å². The lowest BCUT2D eigenvalue weighted by Crippen LogP contribution is -2.62. The second-order valence-corrected chi connectivity index (χ2v) is 7.83. The molecule has 2 aliphatic rings. The van der Waals surface area contributed by atoms with Gasteiger partial charge in [0.25, 0.3) is 0 Å². The van der Waals surface area contributed by atoms with Crippen molar-refractivity contribution in [3.63, 3.8) is 0 Å². The second kappa shape index (κ2) is 7.16. The van der Waals surface area contributed by atoms with Gasteiger partial charge in [0.2, 0.25) is 0 Å². The number of hydrogen-bond acceptors (Lipinski definition) is 3. The van der Waals surface area contributed by atoms with Gasteiger partial charge in [-0.15, -0.1) is 0 Å². The van der Waals surface area contributed by atoms with Gasteiger partial charge in [0.05, 0.1) is 5.56 Å². The fourth-order valence-corrected chi connectivity index (χ4v) is 4.23. The molecular formula is C19H28F3N3. The Labute approximate surface area is 147 Å². The Morgan fingerprint density at radius 1 is 1.12 bits per heavy atom. The molecule has 2 fully saturated rings. The van der Waals surface area contributed by atoms with Crippen LogP contribution in [0, 0.1) is 0 Å². The average Bonchev–Trinajstić information content (AvgIpc) is 2.56. The molecule has 3 N–H and O–H groups in total. The molecule has 1 aromatic rings. The van der Waals surface area contributed by atoms with Crippen molar-refractivity contribution in [3.8, 4) is 0 Å². The Hall–Kier alpha value is -1.27. The van der Waals surface area contributed by atoms with E-state index >= 15 is 0 Å². The van der Waals surface area contributed by atoms with Gasteiger partial charge < -0.3 is 16.0 Å². The molecule has 0 amide bonds. The van der Waals surface area contributed by atoms with Gasteiger partial charge in [0.15, 0.2) is 0 Å². The SMILES string of the molecule is C[C@]1(NC2CCCCC2N)CCCN(c2ccc(C(F)(F)F)cc2)C1. The summed E-state index contributed by atoms with van der Waals surface area (Å²) in [6, 6.07) is 6.05. The quantitative estimate of drug-likeness (QED) is 0.863. The summed E-state index contributed by atoms with van der Waals surface area (Å²) in [5.74, 6) is 0. The summed E-state index contributed by atoms with van der Waals surface area (Å²) in [7, 11) is 0. The van der Waals surface area contributed by atoms with Crippen LogP contribution in [0.1, 0.15) is 51.0 Å². The monoisotopic (exact) mass is 355 g/mol. The minimum Gasteiger partial charge on any atom is -0.370 e. The van der Waals surface area contributed by atoms with Crippen molar-refractivity contribution in [2.45, 2.75) is 69.2 Å². The highest BCUT2D eigenvalue weighted by Crippen LogP contribution is 2.32. The fourth-order valence-electron chi connectivity index (χ4n) is 4.23. The van der Waals surface area contributed by atoms with E-state index in [0.29, 0.717) is 6.04 Å². The van der Waals surface area contributed by atoms with Crippen LogP contribution in [-0.2, 0) is 6.18 Å². The Morgan fingerprint density at radius 3 is 2.44 bits per heavy atom. The highest BCUT2D eigenvalue weighted by molar-refractivity contribution is 5.49. The van der Waals surface area contributed by atoms with Crippen LogP contribution in [0.3, 0.4) is 0 Å². The summed E-state index contributed by atoms with van der Waals surface area (Å²) >= 11 is 0. The lowest BCUT2D eigenvalue weighted by Gasteiger charge is -2.46. The Kier molecular flexibility index (Phi) is 5.30. The van der Waals surface area contributed by atoms with Crippen LogP contribution >= 0.6 is 0 Å². The van der Waals surface area contributed by atoms with Crippen LogP contribution < -0.4 is 16.0 Å². The fraction of sp³-hybridized carbons (Fsp3) is 0.684. The van der Waals surface area contributed by atoms with E-state index in [1.807, 2.05) is 0 Å². The maximum atomic E-state index is 12.7. The third-order valence-electron chi connectivity index (χ3n) is 5.61. The van der Waals surface area contributed by atoms with Gasteiger partial charge in [0, 0.05) is 36.4 Å². The van der Waals surface area contributed by atoms with E-state index in [1.165, 1.54) is 25.0 Å². The molecule has 1 saturated carbocycles. The smallest absolute Gasteiger partial charge is 0.370 e. The molecule has 0 bridgehead atoms. The van der Waals surface area contributed by atoms with Crippen molar-refractivity contribution in [1.82, 2.24) is 5.32 Å². The van der Waals surface area contributed by atoms with Crippen molar-refractivity contribution < 1.29 is 13.2 Å². The summed E-state index contributed by atoms with van der Waals surface area (Å²) in [6.45, 7) is 3.88. The predicted octanol–water partition coefficient (Wildman–Crippen LogP) is 3.92. The van der Waals surface area contributed by atoms with Crippen LogP contribution in [0.2, 0.25) is 0 Å². The Balaban J connectivity index is 1.67. The number of nitrogens with two attached hydrogens (primary N) is 1. The standard InChI is InChI=1S/C19H28F3N3/c1-18(24-17-6-3-2-5-16(17)23)11-4-12-25(13-18)15-9-7-14(8-10-15)19(20,21)22/h7-10,16-17,24H,2-6,11-13,23H2,1H3/t16?,17?,18-/m0/s1. The van der Waals surface area contributed by atoms with Crippen LogP contribution in [0.5, 0.6) is 0 Å². The maximum absolute atomic E-state index is 12.7. The van der Waals surface area contributed by atoms with Crippen molar-refractivity contribution in [2.24, 2.45) is 5.73 Å². The van der Waals surface area contributed by atoms with Gasteiger partial charge >= 0.3 is 6.18 Å². The maximum Gasteiger partial charge on any atom is 0.416 e. The molecule has 3 rings (SSSR count). The van der Waals surface area contributed by atoms with E-state index in [2.05, 4.69) is 17.1 Å². The molecule has 3 atom stereocenters. The van der Waals surface area contributed by atoms with E-state index in [4.69, 9.17) is 5.73 Å². The molecule has 6 heteroatoms. The van der Waals surface area contributed by atoms with Crippen molar-refractivity contribution >= 4 is 5.69 Å². The molecule has 0 radical (unpaired) electrons. The molecule has 0 spiro atoms. The van der Waals surface area contributed by atoms with Gasteiger partial charge in [-0.25, -0.2) is 0 Å². The van der Waals surface area contributed by atoms with Gasteiger partial charge in [-0.2, -0.15) is 13.2 Å². The van der Waals surface area contributed by atoms with Crippen LogP contribution in [0.4, 0.5) is 18.9 Å². The lowest BCUT2D eigenvalue weighted by molar-refractivity contribution is -0.137. The summed E-state index contributed by atoms with van der Waals surface area (Å²) in [5, 5.41) is 3.77. The summed E-state index contributed by atoms with van der Waals surface area (Å²) in [4.78, 5) is 2.19. The highest BCUT2D eigenvalue weighted by atomic mass is 19.4. The summed E-state index contributed by atoms with van der Waals surface area (Å²) in [6.07, 6.45) is 2.39. The molecule has 0 aromatic heterocycles. The van der Waals surface area contributed by atoms with E-state index in [1.54, 1.807) is 12.1 Å². The van der Waals surface area contributed by atoms with E-state index in [0.717, 1.165) is 44.5 Å². The molecule has 25 heavy (non-hydrogen) atoms. The molecule has 2 unspecified atom stereocenters. The summed E-state index contributed by atoms with van der Waals surface area (Å²) < 4.78 is 38.2. The molecular weight excluding hydrogens is 327 g/mol. The zero-order valence-electron chi connectivity index (χ0n) is 14.8. The van der Waals surface area contributed by atoms with Gasteiger partial charge in [-0.1, -0.05) is 12.8 Å². The minimum absolute atomic E-state index is 0.0550. The zero-order valence-corrected chi connectivity index (χ0v) is 14.8. The zero-order chi connectivity index (χ0) is 18.1. The molecule has 1 aromatic carbocycles. The van der Waals surface area contributed by atoms with E-state index in [9.17, 15) is 13.2 Å². The first-order chi connectivity index (χ1) is 11.8. The van der Waals surface area contributed by atoms with Crippen molar-refractivity contribution in [2.75, 3.05) is 18.0 Å². The molecule has 3 nitrogen and oxygen atoms in total. The normalized spacial score (nSPS) is 31.2. The number of anilines is 1. The van der Waals surface area contributed by atoms with Gasteiger partial charge in [-0.3, -0.25) is 0 Å². The third-order valence-corrected chi connectivity index (χ3v) is 5.61. The highest BCUT2D eigenvalue weighted by Gasteiger charge is 2.35. The molecule has 1 aliphatic heterocycles. The predicted molar refractivity (Wildman–Crippen MR) is 94.7 cm³/mol. The first kappa shape index (κ1) is 18.5. The molecule has 1 heterocycles. The number of halogens is 3. The number of hydrogen-bond donors (Lipinski definition) is 2.